The van der Waals surface area contributed by atoms with Crippen LogP contribution in [0.5, 0.6) is 0 Å². The monoisotopic (exact) mass is 451 g/mol. The zero-order valence-corrected chi connectivity index (χ0v) is 17.0. The van der Waals surface area contributed by atoms with Crippen molar-refractivity contribution in [3.63, 3.8) is 0 Å². The number of hydrogen-bond donors (Lipinski definition) is 4. The van der Waals surface area contributed by atoms with Crippen LogP contribution in [-0.2, 0) is 23.1 Å². The van der Waals surface area contributed by atoms with Crippen LogP contribution in [0.4, 0.5) is 11.4 Å². The van der Waals surface area contributed by atoms with Gasteiger partial charge in [0.15, 0.2) is 5.11 Å². The molecule has 0 unspecified atom stereocenters. The van der Waals surface area contributed by atoms with Gasteiger partial charge in [0.1, 0.15) is 17.2 Å². The van der Waals surface area contributed by atoms with Gasteiger partial charge in [-0.2, -0.15) is 0 Å². The number of nitrogens with one attached hydrogen (secondary N) is 4. The highest BCUT2D eigenvalue weighted by Gasteiger charge is 2.21. The van der Waals surface area contributed by atoms with Gasteiger partial charge in [-0.1, -0.05) is 0 Å². The normalized spacial score (nSPS) is 11.1. The van der Waals surface area contributed by atoms with Crippen LogP contribution in [0.2, 0.25) is 0 Å². The number of benzene rings is 1. The van der Waals surface area contributed by atoms with E-state index in [2.05, 4.69) is 20.9 Å². The average molecular weight is 451 g/mol. The first-order valence-corrected chi connectivity index (χ1v) is 10.4. The summed E-state index contributed by atoms with van der Waals surface area (Å²) < 4.78 is 37.4. The fourth-order valence-corrected chi connectivity index (χ4v) is 3.48. The zero-order valence-electron chi connectivity index (χ0n) is 15.3. The van der Waals surface area contributed by atoms with Gasteiger partial charge in [0, 0.05) is 6.07 Å². The number of hydrazine groups is 1. The van der Waals surface area contributed by atoms with E-state index in [-0.39, 0.29) is 22.2 Å². The molecule has 0 aliphatic carbocycles. The second kappa shape index (κ2) is 9.39. The molecule has 0 fully saturated rings. The molecule has 158 valence electrons. The Morgan fingerprint density at radius 3 is 2.33 bits per heavy atom. The van der Waals surface area contributed by atoms with E-state index in [4.69, 9.17) is 21.1 Å². The molecule has 3 aromatic rings. The molecule has 3 rings (SSSR count). The third kappa shape index (κ3) is 5.56. The molecule has 0 aliphatic rings. The molecule has 1 aromatic carbocycles. The third-order valence-corrected chi connectivity index (χ3v) is 5.45. The van der Waals surface area contributed by atoms with Crippen molar-refractivity contribution < 1.29 is 22.2 Å². The predicted octanol–water partition coefficient (Wildman–Crippen LogP) is 2.25. The van der Waals surface area contributed by atoms with Crippen LogP contribution in [0.25, 0.3) is 0 Å². The topological polar surface area (TPSA) is 152 Å². The smallest absolute Gasteiger partial charge is 0.295 e. The number of hydrogen-bond acceptors (Lipinski definition) is 8. The number of sulfonamides is 1. The Morgan fingerprint density at radius 2 is 1.73 bits per heavy atom. The van der Waals surface area contributed by atoms with Gasteiger partial charge in [-0.3, -0.25) is 21.0 Å². The molecule has 2 aromatic heterocycles. The highest BCUT2D eigenvalue weighted by Crippen LogP contribution is 2.27. The summed E-state index contributed by atoms with van der Waals surface area (Å²) in [4.78, 5) is 10.5. The van der Waals surface area contributed by atoms with E-state index in [0.717, 1.165) is 6.07 Å². The molecular weight excluding hydrogens is 434 g/mol. The molecule has 0 radical (unpaired) electrons. The number of rotatable bonds is 9. The first kappa shape index (κ1) is 21.3. The Labute approximate surface area is 176 Å². The lowest BCUT2D eigenvalue weighted by atomic mass is 10.3. The van der Waals surface area contributed by atoms with Gasteiger partial charge in [0.25, 0.3) is 5.69 Å². The van der Waals surface area contributed by atoms with E-state index < -0.39 is 20.6 Å². The van der Waals surface area contributed by atoms with Crippen LogP contribution in [0.1, 0.15) is 11.5 Å². The highest BCUT2D eigenvalue weighted by molar-refractivity contribution is 7.89. The number of furan rings is 2. The zero-order chi connectivity index (χ0) is 21.6. The SMILES string of the molecule is O=[N+]([O-])c1cc(S(=O)(=O)NCc2ccco2)ccc1NNC(=S)NCc1ccco1. The number of nitro benzene ring substituents is 1. The third-order valence-electron chi connectivity index (χ3n) is 3.81. The van der Waals surface area contributed by atoms with Gasteiger partial charge in [-0.25, -0.2) is 13.1 Å². The van der Waals surface area contributed by atoms with Crippen LogP contribution in [-0.4, -0.2) is 18.5 Å². The van der Waals surface area contributed by atoms with E-state index in [1.807, 2.05) is 0 Å². The highest BCUT2D eigenvalue weighted by atomic mass is 32.2. The summed E-state index contributed by atoms with van der Waals surface area (Å²) in [5, 5.41) is 14.4. The van der Waals surface area contributed by atoms with Crippen molar-refractivity contribution >= 4 is 38.7 Å². The average Bonchev–Trinajstić information content (AvgIpc) is 3.43. The maximum absolute atomic E-state index is 12.4. The molecule has 30 heavy (non-hydrogen) atoms. The van der Waals surface area contributed by atoms with Gasteiger partial charge in [-0.15, -0.1) is 0 Å². The quantitative estimate of drug-likeness (QED) is 0.216. The Hall–Kier alpha value is -3.42. The van der Waals surface area contributed by atoms with Crippen LogP contribution in [0.15, 0.2) is 68.7 Å². The summed E-state index contributed by atoms with van der Waals surface area (Å²) in [6.07, 6.45) is 2.93. The van der Waals surface area contributed by atoms with Crippen LogP contribution in [0.3, 0.4) is 0 Å². The standard InChI is InChI=1S/C17H17N5O6S2/c23-22(24)16-9-14(30(25,26)19-11-13-4-2-8-28-13)5-6-15(16)20-21-17(29)18-10-12-3-1-7-27-12/h1-9,19-20H,10-11H2,(H2,18,21,29). The van der Waals surface area contributed by atoms with Crippen LogP contribution in [0, 0.1) is 10.1 Å². The molecule has 0 saturated carbocycles. The van der Waals surface area contributed by atoms with Crippen molar-refractivity contribution in [2.75, 3.05) is 5.43 Å². The first-order valence-electron chi connectivity index (χ1n) is 8.48. The minimum absolute atomic E-state index is 0.0344. The van der Waals surface area contributed by atoms with Crippen molar-refractivity contribution in [3.8, 4) is 0 Å². The van der Waals surface area contributed by atoms with E-state index in [9.17, 15) is 18.5 Å². The molecular formula is C17H17N5O6S2. The van der Waals surface area contributed by atoms with Gasteiger partial charge >= 0.3 is 0 Å². The van der Waals surface area contributed by atoms with Crippen molar-refractivity contribution in [2.24, 2.45) is 0 Å². The Bertz CT molecular complexity index is 1110. The predicted molar refractivity (Wildman–Crippen MR) is 111 cm³/mol. The summed E-state index contributed by atoms with van der Waals surface area (Å²) in [6.45, 7) is 0.238. The van der Waals surface area contributed by atoms with Crippen LogP contribution < -0.4 is 20.9 Å². The Kier molecular flexibility index (Phi) is 6.66. The van der Waals surface area contributed by atoms with Gasteiger partial charge in [0.2, 0.25) is 10.0 Å². The molecule has 13 heteroatoms. The van der Waals surface area contributed by atoms with E-state index >= 15 is 0 Å². The number of nitrogens with zero attached hydrogens (tertiary/aromatic N) is 1. The molecule has 0 atom stereocenters. The minimum atomic E-state index is -3.99. The lowest BCUT2D eigenvalue weighted by Gasteiger charge is -2.13. The molecule has 0 aliphatic heterocycles. The van der Waals surface area contributed by atoms with Crippen molar-refractivity contribution in [1.29, 1.82) is 0 Å². The summed E-state index contributed by atoms with van der Waals surface area (Å²) in [7, 11) is -3.99. The molecule has 0 bridgehead atoms. The Morgan fingerprint density at radius 1 is 1.07 bits per heavy atom. The minimum Gasteiger partial charge on any atom is -0.468 e. The molecule has 0 saturated heterocycles. The summed E-state index contributed by atoms with van der Waals surface area (Å²) in [5.74, 6) is 1.06. The van der Waals surface area contributed by atoms with Crippen molar-refractivity contribution in [2.45, 2.75) is 18.0 Å². The lowest BCUT2D eigenvalue weighted by molar-refractivity contribution is -0.384. The van der Waals surface area contributed by atoms with E-state index in [1.165, 1.54) is 24.7 Å². The fraction of sp³-hybridized carbons (Fsp3) is 0.118. The molecule has 0 amide bonds. The molecule has 2 heterocycles. The van der Waals surface area contributed by atoms with E-state index in [1.54, 1.807) is 24.3 Å². The second-order valence-corrected chi connectivity index (χ2v) is 8.03. The second-order valence-electron chi connectivity index (χ2n) is 5.85. The Balaban J connectivity index is 1.65. The van der Waals surface area contributed by atoms with E-state index in [0.29, 0.717) is 18.1 Å². The summed E-state index contributed by atoms with van der Waals surface area (Å²) in [6, 6.07) is 10.2. The number of anilines is 1. The number of nitro groups is 1. The molecule has 11 nitrogen and oxygen atoms in total. The summed E-state index contributed by atoms with van der Waals surface area (Å²) in [5.41, 5.74) is 4.79. The largest absolute Gasteiger partial charge is 0.468 e. The first-order chi connectivity index (χ1) is 14.3. The van der Waals surface area contributed by atoms with Gasteiger partial charge < -0.3 is 14.2 Å². The maximum Gasteiger partial charge on any atom is 0.295 e. The molecule has 4 N–H and O–H groups in total. The van der Waals surface area contributed by atoms with Crippen molar-refractivity contribution in [3.05, 3.63) is 76.6 Å². The maximum atomic E-state index is 12.4. The van der Waals surface area contributed by atoms with Crippen LogP contribution >= 0.6 is 12.2 Å². The van der Waals surface area contributed by atoms with Gasteiger partial charge in [-0.05, 0) is 48.6 Å². The molecule has 0 spiro atoms. The van der Waals surface area contributed by atoms with Gasteiger partial charge in [0.05, 0.1) is 35.4 Å². The van der Waals surface area contributed by atoms with Crippen molar-refractivity contribution in [1.82, 2.24) is 15.5 Å². The lowest BCUT2D eigenvalue weighted by Crippen LogP contribution is -2.38. The summed E-state index contributed by atoms with van der Waals surface area (Å²) >= 11 is 5.08. The number of thiocarbonyl (C=S) groups is 1. The fourth-order valence-electron chi connectivity index (χ4n) is 2.35.